The van der Waals surface area contributed by atoms with Gasteiger partial charge in [0.2, 0.25) is 0 Å². The number of urea groups is 1. The number of hydrogen-bond acceptors (Lipinski definition) is 3. The summed E-state index contributed by atoms with van der Waals surface area (Å²) in [4.78, 5) is 29.5. The molecule has 2 N–H and O–H groups in total. The molecule has 1 fully saturated rings. The minimum absolute atomic E-state index is 0.0489. The minimum atomic E-state index is -0.109. The highest BCUT2D eigenvalue weighted by Crippen LogP contribution is 2.28. The van der Waals surface area contributed by atoms with Crippen molar-refractivity contribution in [1.82, 2.24) is 15.1 Å². The Morgan fingerprint density at radius 3 is 2.59 bits per heavy atom. The van der Waals surface area contributed by atoms with Crippen LogP contribution in [0, 0.1) is 0 Å². The van der Waals surface area contributed by atoms with Gasteiger partial charge in [-0.05, 0) is 67.9 Å². The van der Waals surface area contributed by atoms with Crippen molar-refractivity contribution in [2.45, 2.75) is 32.6 Å². The van der Waals surface area contributed by atoms with Gasteiger partial charge < -0.3 is 20.4 Å². The second-order valence-electron chi connectivity index (χ2n) is 8.13. The molecule has 1 saturated heterocycles. The molecule has 0 unspecified atom stereocenters. The van der Waals surface area contributed by atoms with Gasteiger partial charge >= 0.3 is 6.03 Å². The lowest BCUT2D eigenvalue weighted by Gasteiger charge is -2.33. The maximum Gasteiger partial charge on any atom is 0.321 e. The molecule has 0 radical (unpaired) electrons. The van der Waals surface area contributed by atoms with Crippen molar-refractivity contribution in [1.29, 1.82) is 0 Å². The number of benzene rings is 2. The van der Waals surface area contributed by atoms with Gasteiger partial charge in [0.15, 0.2) is 0 Å². The number of carbonyl (C=O) groups excluding carboxylic acids is 2. The largest absolute Gasteiger partial charge is 0.351 e. The molecule has 3 rings (SSSR count). The molecule has 0 aromatic heterocycles. The van der Waals surface area contributed by atoms with Crippen molar-refractivity contribution in [3.8, 4) is 0 Å². The number of hydrogen-bond donors (Lipinski definition) is 2. The highest BCUT2D eigenvalue weighted by Gasteiger charge is 2.25. The fourth-order valence-corrected chi connectivity index (χ4v) is 4.20. The van der Waals surface area contributed by atoms with E-state index in [-0.39, 0.29) is 17.9 Å². The van der Waals surface area contributed by atoms with Crippen molar-refractivity contribution >= 4 is 29.2 Å². The molecule has 0 saturated carbocycles. The second kappa shape index (κ2) is 11.9. The molecule has 2 aromatic carbocycles. The molecule has 0 bridgehead atoms. The Balaban J connectivity index is 1.58. The van der Waals surface area contributed by atoms with Crippen LogP contribution in [0.15, 0.2) is 48.5 Å². The number of amides is 3. The van der Waals surface area contributed by atoms with Gasteiger partial charge in [0.05, 0.1) is 0 Å². The molecule has 6 nitrogen and oxygen atoms in total. The number of halogens is 1. The number of nitrogens with zero attached hydrogens (tertiary/aromatic N) is 2. The predicted molar refractivity (Wildman–Crippen MR) is 131 cm³/mol. The van der Waals surface area contributed by atoms with Crippen LogP contribution in [0.2, 0.25) is 5.02 Å². The number of piperidine rings is 1. The average Bonchev–Trinajstić information content (AvgIpc) is 2.83. The number of likely N-dealkylation sites (tertiary alicyclic amines) is 1. The smallest absolute Gasteiger partial charge is 0.321 e. The lowest BCUT2D eigenvalue weighted by molar-refractivity contribution is 0.0948. The van der Waals surface area contributed by atoms with Crippen molar-refractivity contribution in [2.24, 2.45) is 0 Å². The second-order valence-corrected chi connectivity index (χ2v) is 8.57. The monoisotopic (exact) mass is 456 g/mol. The molecule has 1 heterocycles. The van der Waals surface area contributed by atoms with E-state index in [0.29, 0.717) is 23.7 Å². The van der Waals surface area contributed by atoms with E-state index in [1.165, 1.54) is 0 Å². The van der Waals surface area contributed by atoms with Crippen LogP contribution in [0.4, 0.5) is 10.5 Å². The van der Waals surface area contributed by atoms with Crippen LogP contribution in [-0.2, 0) is 0 Å². The van der Waals surface area contributed by atoms with Crippen LogP contribution < -0.4 is 10.6 Å². The van der Waals surface area contributed by atoms with Gasteiger partial charge in [-0.15, -0.1) is 0 Å². The van der Waals surface area contributed by atoms with Gasteiger partial charge in [-0.3, -0.25) is 4.79 Å². The zero-order valence-electron chi connectivity index (χ0n) is 18.9. The maximum absolute atomic E-state index is 12.7. The van der Waals surface area contributed by atoms with E-state index in [2.05, 4.69) is 35.4 Å². The number of likely N-dealkylation sites (N-methyl/N-ethyl adjacent to an activating group) is 1. The average molecular weight is 457 g/mol. The van der Waals surface area contributed by atoms with Crippen molar-refractivity contribution in [3.63, 3.8) is 0 Å². The minimum Gasteiger partial charge on any atom is -0.351 e. The predicted octanol–water partition coefficient (Wildman–Crippen LogP) is 4.82. The van der Waals surface area contributed by atoms with E-state index < -0.39 is 0 Å². The Morgan fingerprint density at radius 1 is 1.12 bits per heavy atom. The van der Waals surface area contributed by atoms with Crippen LogP contribution in [0.5, 0.6) is 0 Å². The molecule has 32 heavy (non-hydrogen) atoms. The van der Waals surface area contributed by atoms with E-state index in [9.17, 15) is 9.59 Å². The lowest BCUT2D eigenvalue weighted by Crippen LogP contribution is -2.41. The standard InChI is InChI=1S/C25H33ClN4O2/c1-3-29(4-2)16-14-27-24(31)20-8-5-7-19(17-20)21-9-6-15-30(18-21)25(32)28-23-12-10-22(26)11-13-23/h5,7-8,10-13,17,21H,3-4,6,9,14-16,18H2,1-2H3,(H,27,31)(H,28,32)/t21-/m1/s1. The summed E-state index contributed by atoms with van der Waals surface area (Å²) in [7, 11) is 0. The van der Waals surface area contributed by atoms with Gasteiger partial charge in [-0.25, -0.2) is 4.79 Å². The maximum atomic E-state index is 12.7. The summed E-state index contributed by atoms with van der Waals surface area (Å²) < 4.78 is 0. The van der Waals surface area contributed by atoms with Crippen LogP contribution in [0.1, 0.15) is 48.5 Å². The first kappa shape index (κ1) is 24.1. The van der Waals surface area contributed by atoms with Crippen LogP contribution in [0.3, 0.4) is 0 Å². The number of nitrogens with one attached hydrogen (secondary N) is 2. The summed E-state index contributed by atoms with van der Waals surface area (Å²) in [5, 5.41) is 6.60. The summed E-state index contributed by atoms with van der Waals surface area (Å²) >= 11 is 5.92. The zero-order valence-corrected chi connectivity index (χ0v) is 19.7. The van der Waals surface area contributed by atoms with Crippen LogP contribution in [-0.4, -0.2) is 61.0 Å². The van der Waals surface area contributed by atoms with Gasteiger partial charge in [-0.2, -0.15) is 0 Å². The quantitative estimate of drug-likeness (QED) is 0.598. The molecule has 1 atom stereocenters. The van der Waals surface area contributed by atoms with Crippen LogP contribution >= 0.6 is 11.6 Å². The summed E-state index contributed by atoms with van der Waals surface area (Å²) in [5.74, 6) is 0.162. The summed E-state index contributed by atoms with van der Waals surface area (Å²) in [5.41, 5.74) is 2.50. The Labute approximate surface area is 195 Å². The van der Waals surface area contributed by atoms with E-state index in [4.69, 9.17) is 11.6 Å². The molecule has 7 heteroatoms. The van der Waals surface area contributed by atoms with E-state index >= 15 is 0 Å². The van der Waals surface area contributed by atoms with E-state index in [1.54, 1.807) is 24.3 Å². The fourth-order valence-electron chi connectivity index (χ4n) is 4.07. The molecule has 172 valence electrons. The third kappa shape index (κ3) is 6.71. The topological polar surface area (TPSA) is 64.7 Å². The van der Waals surface area contributed by atoms with Crippen molar-refractivity contribution < 1.29 is 9.59 Å². The number of carbonyl (C=O) groups is 2. The summed E-state index contributed by atoms with van der Waals surface area (Å²) in [6.45, 7) is 9.03. The first-order chi connectivity index (χ1) is 15.5. The normalized spacial score (nSPS) is 16.1. The molecular weight excluding hydrogens is 424 g/mol. The molecule has 1 aliphatic heterocycles. The number of rotatable bonds is 8. The number of anilines is 1. The van der Waals surface area contributed by atoms with Crippen LogP contribution in [0.25, 0.3) is 0 Å². The molecule has 0 spiro atoms. The lowest BCUT2D eigenvalue weighted by atomic mass is 9.89. The first-order valence-electron chi connectivity index (χ1n) is 11.4. The van der Waals surface area contributed by atoms with Gasteiger partial charge in [0, 0.05) is 48.4 Å². The SMILES string of the molecule is CCN(CC)CCNC(=O)c1cccc([C@@H]2CCCN(C(=O)Nc3ccc(Cl)cc3)C2)c1. The highest BCUT2D eigenvalue weighted by atomic mass is 35.5. The molecule has 3 amide bonds. The first-order valence-corrected chi connectivity index (χ1v) is 11.8. The molecule has 2 aromatic rings. The Morgan fingerprint density at radius 2 is 1.88 bits per heavy atom. The molecular formula is C25H33ClN4O2. The van der Waals surface area contributed by atoms with E-state index in [1.807, 2.05) is 23.1 Å². The van der Waals surface area contributed by atoms with Gasteiger partial charge in [0.1, 0.15) is 0 Å². The van der Waals surface area contributed by atoms with Crippen molar-refractivity contribution in [3.05, 3.63) is 64.7 Å². The third-order valence-corrected chi connectivity index (χ3v) is 6.28. The molecule has 1 aliphatic rings. The Kier molecular flexibility index (Phi) is 8.94. The Hall–Kier alpha value is -2.57. The highest BCUT2D eigenvalue weighted by molar-refractivity contribution is 6.30. The van der Waals surface area contributed by atoms with E-state index in [0.717, 1.165) is 50.3 Å². The third-order valence-electron chi connectivity index (χ3n) is 6.03. The van der Waals surface area contributed by atoms with Crippen molar-refractivity contribution in [2.75, 3.05) is 44.6 Å². The summed E-state index contributed by atoms with van der Waals surface area (Å²) in [6, 6.07) is 14.8. The van der Waals surface area contributed by atoms with Gasteiger partial charge in [0.25, 0.3) is 5.91 Å². The fraction of sp³-hybridized carbons (Fsp3) is 0.440. The summed E-state index contributed by atoms with van der Waals surface area (Å²) in [6.07, 6.45) is 1.93. The molecule has 0 aliphatic carbocycles. The van der Waals surface area contributed by atoms with Gasteiger partial charge in [-0.1, -0.05) is 37.6 Å². The zero-order chi connectivity index (χ0) is 22.9. The Bertz CT molecular complexity index is 899.